The molecule has 0 unspecified atom stereocenters. The van der Waals surface area contributed by atoms with E-state index in [4.69, 9.17) is 4.74 Å². The van der Waals surface area contributed by atoms with E-state index in [1.165, 1.54) is 62.5 Å². The molecule has 0 heterocycles. The van der Waals surface area contributed by atoms with E-state index in [9.17, 15) is 0 Å². The van der Waals surface area contributed by atoms with Crippen molar-refractivity contribution in [3.63, 3.8) is 0 Å². The highest BCUT2D eigenvalue weighted by Crippen LogP contribution is 2.12. The minimum absolute atomic E-state index is 0.776. The van der Waals surface area contributed by atoms with Crippen molar-refractivity contribution >= 4 is 0 Å². The average Bonchev–Trinajstić information content (AvgIpc) is 2.52. The largest absolute Gasteiger partial charge is 0.501 e. The van der Waals surface area contributed by atoms with Gasteiger partial charge in [-0.25, -0.2) is 0 Å². The molecule has 0 fully saturated rings. The van der Waals surface area contributed by atoms with E-state index in [1.54, 1.807) is 0 Å². The molecular formula is C20H32O. The lowest BCUT2D eigenvalue weighted by molar-refractivity contribution is 0.249. The quantitative estimate of drug-likeness (QED) is 0.324. The van der Waals surface area contributed by atoms with Crippen LogP contribution in [-0.2, 0) is 11.2 Å². The first-order chi connectivity index (χ1) is 10.3. The molecule has 0 aliphatic carbocycles. The fraction of sp³-hybridized carbons (Fsp3) is 0.600. The molecule has 0 radical (unpaired) electrons. The molecule has 0 saturated carbocycles. The highest BCUT2D eigenvalue weighted by atomic mass is 16.5. The molecule has 0 spiro atoms. The monoisotopic (exact) mass is 288 g/mol. The zero-order chi connectivity index (χ0) is 15.2. The number of hydrogen-bond acceptors (Lipinski definition) is 1. The lowest BCUT2D eigenvalue weighted by atomic mass is 10.1. The molecule has 1 aromatic rings. The number of hydrogen-bond donors (Lipinski definition) is 0. The summed E-state index contributed by atoms with van der Waals surface area (Å²) >= 11 is 0. The van der Waals surface area contributed by atoms with Gasteiger partial charge in [0.05, 0.1) is 12.9 Å². The van der Waals surface area contributed by atoms with Gasteiger partial charge in [-0.1, -0.05) is 75.8 Å². The van der Waals surface area contributed by atoms with Gasteiger partial charge in [0, 0.05) is 6.42 Å². The van der Waals surface area contributed by atoms with Crippen molar-refractivity contribution in [3.8, 4) is 0 Å². The first kappa shape index (κ1) is 17.8. The second kappa shape index (κ2) is 12.5. The van der Waals surface area contributed by atoms with Crippen molar-refractivity contribution in [2.75, 3.05) is 6.61 Å². The molecule has 0 aliphatic heterocycles. The van der Waals surface area contributed by atoms with Gasteiger partial charge in [0.2, 0.25) is 0 Å². The predicted octanol–water partition coefficient (Wildman–Crippen LogP) is 6.29. The maximum absolute atomic E-state index is 5.65. The van der Waals surface area contributed by atoms with Crippen LogP contribution in [0.3, 0.4) is 0 Å². The Bertz CT molecular complexity index is 367. The average molecular weight is 288 g/mol. The fourth-order valence-corrected chi connectivity index (χ4v) is 2.44. The summed E-state index contributed by atoms with van der Waals surface area (Å²) in [7, 11) is 0. The number of unbranched alkanes of at least 4 members (excludes halogenated alkanes) is 6. The zero-order valence-corrected chi connectivity index (χ0v) is 13.9. The maximum atomic E-state index is 5.65. The minimum Gasteiger partial charge on any atom is -0.501 e. The van der Waals surface area contributed by atoms with Gasteiger partial charge in [0.1, 0.15) is 0 Å². The molecule has 21 heavy (non-hydrogen) atoms. The van der Waals surface area contributed by atoms with Crippen molar-refractivity contribution in [3.05, 3.63) is 47.7 Å². The smallest absolute Gasteiger partial charge is 0.0913 e. The van der Waals surface area contributed by atoms with Crippen LogP contribution in [-0.4, -0.2) is 6.61 Å². The van der Waals surface area contributed by atoms with E-state index in [1.807, 2.05) is 6.26 Å². The van der Waals surface area contributed by atoms with E-state index >= 15 is 0 Å². The van der Waals surface area contributed by atoms with Gasteiger partial charge in [-0.2, -0.15) is 0 Å². The molecule has 0 saturated heterocycles. The van der Waals surface area contributed by atoms with Crippen LogP contribution in [0.15, 0.2) is 42.2 Å². The highest BCUT2D eigenvalue weighted by molar-refractivity contribution is 5.14. The third-order valence-electron chi connectivity index (χ3n) is 3.81. The Balaban J connectivity index is 1.97. The number of allylic oxidation sites excluding steroid dienone is 1. The standard InChI is InChI=1S/C20H32O/c1-3-4-5-6-7-8-10-13-19(2)18-21-17-16-20-14-11-9-12-15-20/h9,11-12,14-15,18H,3-8,10,13,16-17H2,1-2H3. The topological polar surface area (TPSA) is 9.23 Å². The third kappa shape index (κ3) is 10.2. The van der Waals surface area contributed by atoms with Crippen LogP contribution in [0.5, 0.6) is 0 Å². The van der Waals surface area contributed by atoms with Crippen LogP contribution < -0.4 is 0 Å². The Hall–Kier alpha value is -1.24. The van der Waals surface area contributed by atoms with E-state index in [-0.39, 0.29) is 0 Å². The summed E-state index contributed by atoms with van der Waals surface area (Å²) in [6, 6.07) is 10.5. The Labute approximate surface area is 131 Å². The van der Waals surface area contributed by atoms with Gasteiger partial charge in [0.15, 0.2) is 0 Å². The van der Waals surface area contributed by atoms with Crippen LogP contribution >= 0.6 is 0 Å². The molecule has 1 aromatic carbocycles. The third-order valence-corrected chi connectivity index (χ3v) is 3.81. The van der Waals surface area contributed by atoms with Gasteiger partial charge in [-0.3, -0.25) is 0 Å². The van der Waals surface area contributed by atoms with Crippen LogP contribution in [0.1, 0.15) is 70.8 Å². The van der Waals surface area contributed by atoms with Crippen LogP contribution in [0.4, 0.5) is 0 Å². The molecule has 118 valence electrons. The number of rotatable bonds is 12. The first-order valence-corrected chi connectivity index (χ1v) is 8.64. The summed E-state index contributed by atoms with van der Waals surface area (Å²) in [4.78, 5) is 0. The summed E-state index contributed by atoms with van der Waals surface area (Å²) < 4.78 is 5.65. The van der Waals surface area contributed by atoms with Gasteiger partial charge in [-0.15, -0.1) is 0 Å². The van der Waals surface area contributed by atoms with Gasteiger partial charge < -0.3 is 4.74 Å². The Morgan fingerprint density at radius 3 is 2.33 bits per heavy atom. The number of benzene rings is 1. The summed E-state index contributed by atoms with van der Waals surface area (Å²) in [5.74, 6) is 0. The van der Waals surface area contributed by atoms with E-state index in [0.717, 1.165) is 13.0 Å². The second-order valence-corrected chi connectivity index (χ2v) is 5.94. The minimum atomic E-state index is 0.776. The van der Waals surface area contributed by atoms with Crippen molar-refractivity contribution in [2.45, 2.75) is 71.6 Å². The second-order valence-electron chi connectivity index (χ2n) is 5.94. The first-order valence-electron chi connectivity index (χ1n) is 8.64. The molecule has 0 aliphatic rings. The summed E-state index contributed by atoms with van der Waals surface area (Å²) in [6.07, 6.45) is 13.7. The Kier molecular flexibility index (Phi) is 10.6. The molecule has 0 bridgehead atoms. The van der Waals surface area contributed by atoms with Crippen molar-refractivity contribution < 1.29 is 4.74 Å². The van der Waals surface area contributed by atoms with E-state index in [2.05, 4.69) is 44.2 Å². The van der Waals surface area contributed by atoms with Crippen LogP contribution in [0, 0.1) is 0 Å². The van der Waals surface area contributed by atoms with Gasteiger partial charge >= 0.3 is 0 Å². The molecule has 1 heteroatoms. The lowest BCUT2D eigenvalue weighted by Gasteiger charge is -2.05. The number of ether oxygens (including phenoxy) is 1. The Morgan fingerprint density at radius 2 is 1.62 bits per heavy atom. The molecule has 1 nitrogen and oxygen atoms in total. The van der Waals surface area contributed by atoms with Crippen LogP contribution in [0.2, 0.25) is 0 Å². The van der Waals surface area contributed by atoms with Crippen molar-refractivity contribution in [1.82, 2.24) is 0 Å². The fourth-order valence-electron chi connectivity index (χ4n) is 2.44. The highest BCUT2D eigenvalue weighted by Gasteiger charge is 1.94. The van der Waals surface area contributed by atoms with Gasteiger partial charge in [0.25, 0.3) is 0 Å². The maximum Gasteiger partial charge on any atom is 0.0913 e. The normalized spacial score (nSPS) is 11.6. The molecule has 0 atom stereocenters. The Morgan fingerprint density at radius 1 is 0.952 bits per heavy atom. The molecule has 0 amide bonds. The lowest BCUT2D eigenvalue weighted by Crippen LogP contribution is -1.94. The molecule has 0 aromatic heterocycles. The SMILES string of the molecule is CCCCCCCCCC(C)=COCCc1ccccc1. The molecule has 1 rings (SSSR count). The summed E-state index contributed by atoms with van der Waals surface area (Å²) in [5, 5.41) is 0. The van der Waals surface area contributed by atoms with Gasteiger partial charge in [-0.05, 0) is 30.9 Å². The molecular weight excluding hydrogens is 256 g/mol. The summed E-state index contributed by atoms with van der Waals surface area (Å²) in [6.45, 7) is 5.23. The van der Waals surface area contributed by atoms with Crippen molar-refractivity contribution in [1.29, 1.82) is 0 Å². The van der Waals surface area contributed by atoms with Crippen molar-refractivity contribution in [2.24, 2.45) is 0 Å². The molecule has 0 N–H and O–H groups in total. The van der Waals surface area contributed by atoms with E-state index < -0.39 is 0 Å². The predicted molar refractivity (Wildman–Crippen MR) is 92.5 cm³/mol. The van der Waals surface area contributed by atoms with Crippen LogP contribution in [0.25, 0.3) is 0 Å². The summed E-state index contributed by atoms with van der Waals surface area (Å²) in [5.41, 5.74) is 2.72. The van der Waals surface area contributed by atoms with E-state index in [0.29, 0.717) is 0 Å². The zero-order valence-electron chi connectivity index (χ0n) is 13.9.